The molecule has 6 heteroatoms. The van der Waals surface area contributed by atoms with E-state index in [1.54, 1.807) is 19.1 Å². The lowest BCUT2D eigenvalue weighted by Gasteiger charge is -2.20. The zero-order chi connectivity index (χ0) is 13.7. The number of carbonyl (C=O) groups excluding carboxylic acids is 2. The Bertz CT molecular complexity index is 428. The topological polar surface area (TPSA) is 117 Å². The fourth-order valence-electron chi connectivity index (χ4n) is 1.38. The first-order chi connectivity index (χ1) is 8.40. The van der Waals surface area contributed by atoms with Crippen molar-refractivity contribution >= 4 is 11.9 Å². The number of benzene rings is 1. The molecule has 1 amide bonds. The van der Waals surface area contributed by atoms with Gasteiger partial charge in [-0.1, -0.05) is 12.1 Å². The first kappa shape index (κ1) is 14.0. The van der Waals surface area contributed by atoms with E-state index in [1.807, 2.05) is 0 Å². The number of hydrogen-bond acceptors (Lipinski definition) is 4. The van der Waals surface area contributed by atoms with Crippen molar-refractivity contribution in [2.75, 3.05) is 0 Å². The summed E-state index contributed by atoms with van der Waals surface area (Å²) in [4.78, 5) is 22.3. The highest BCUT2D eigenvalue weighted by Gasteiger charge is 2.18. The Kier molecular flexibility index (Phi) is 4.67. The van der Waals surface area contributed by atoms with Gasteiger partial charge in [0.2, 0.25) is 0 Å². The van der Waals surface area contributed by atoms with Gasteiger partial charge in [0.25, 0.3) is 5.91 Å². The minimum Gasteiger partial charge on any atom is -0.548 e. The van der Waals surface area contributed by atoms with Gasteiger partial charge in [-0.2, -0.15) is 0 Å². The first-order valence-corrected chi connectivity index (χ1v) is 5.52. The third kappa shape index (κ3) is 4.06. The van der Waals surface area contributed by atoms with Crippen molar-refractivity contribution in [1.29, 1.82) is 0 Å². The SMILES string of the molecule is CC([NH3+])C(=O)NC(Cc1ccc(O)cc1)C(=O)[O-]. The quantitative estimate of drug-likeness (QED) is 0.551. The molecule has 0 fully saturated rings. The number of phenols is 1. The smallest absolute Gasteiger partial charge is 0.278 e. The molecule has 1 rings (SSSR count). The molecule has 0 saturated heterocycles. The number of aromatic hydroxyl groups is 1. The van der Waals surface area contributed by atoms with Gasteiger partial charge >= 0.3 is 0 Å². The highest BCUT2D eigenvalue weighted by molar-refractivity contribution is 5.85. The summed E-state index contributed by atoms with van der Waals surface area (Å²) in [6.07, 6.45) is 0.0983. The van der Waals surface area contributed by atoms with E-state index in [9.17, 15) is 14.7 Å². The molecule has 2 unspecified atom stereocenters. The van der Waals surface area contributed by atoms with Crippen LogP contribution in [-0.2, 0) is 16.0 Å². The maximum atomic E-state index is 11.4. The van der Waals surface area contributed by atoms with Crippen molar-refractivity contribution in [2.45, 2.75) is 25.4 Å². The van der Waals surface area contributed by atoms with Gasteiger partial charge in [0.1, 0.15) is 5.75 Å². The number of nitrogens with one attached hydrogen (secondary N) is 1. The molecule has 1 aromatic rings. The summed E-state index contributed by atoms with van der Waals surface area (Å²) in [5.74, 6) is -1.70. The Labute approximate surface area is 104 Å². The number of amides is 1. The fourth-order valence-corrected chi connectivity index (χ4v) is 1.38. The monoisotopic (exact) mass is 252 g/mol. The summed E-state index contributed by atoms with van der Waals surface area (Å²) in [6, 6.07) is 4.44. The van der Waals surface area contributed by atoms with Crippen LogP contribution in [0.1, 0.15) is 12.5 Å². The second kappa shape index (κ2) is 6.02. The van der Waals surface area contributed by atoms with E-state index in [4.69, 9.17) is 5.11 Å². The Morgan fingerprint density at radius 2 is 1.94 bits per heavy atom. The third-order valence-corrected chi connectivity index (χ3v) is 2.42. The zero-order valence-corrected chi connectivity index (χ0v) is 10.1. The van der Waals surface area contributed by atoms with Crippen LogP contribution in [-0.4, -0.2) is 29.1 Å². The molecule has 0 saturated carbocycles. The Hall–Kier alpha value is -2.08. The molecule has 98 valence electrons. The van der Waals surface area contributed by atoms with Crippen molar-refractivity contribution in [3.63, 3.8) is 0 Å². The largest absolute Gasteiger partial charge is 0.548 e. The number of quaternary nitrogens is 1. The number of carboxylic acid groups (broad SMARTS) is 1. The van der Waals surface area contributed by atoms with Crippen LogP contribution in [0.25, 0.3) is 0 Å². The summed E-state index contributed by atoms with van der Waals surface area (Å²) in [5.41, 5.74) is 4.19. The average molecular weight is 252 g/mol. The molecule has 0 radical (unpaired) electrons. The van der Waals surface area contributed by atoms with Crippen LogP contribution in [0.4, 0.5) is 0 Å². The molecule has 2 atom stereocenters. The molecule has 0 aromatic heterocycles. The van der Waals surface area contributed by atoms with Crippen molar-refractivity contribution in [1.82, 2.24) is 5.32 Å². The second-order valence-corrected chi connectivity index (χ2v) is 4.15. The maximum absolute atomic E-state index is 11.4. The number of rotatable bonds is 5. The van der Waals surface area contributed by atoms with Crippen LogP contribution in [0.2, 0.25) is 0 Å². The van der Waals surface area contributed by atoms with Crippen LogP contribution >= 0.6 is 0 Å². The van der Waals surface area contributed by atoms with Gasteiger partial charge in [-0.25, -0.2) is 0 Å². The Morgan fingerprint density at radius 3 is 2.39 bits per heavy atom. The van der Waals surface area contributed by atoms with Gasteiger partial charge in [0.05, 0.1) is 12.0 Å². The van der Waals surface area contributed by atoms with Crippen LogP contribution in [0, 0.1) is 0 Å². The normalized spacial score (nSPS) is 13.7. The van der Waals surface area contributed by atoms with Crippen molar-refractivity contribution < 1.29 is 25.5 Å². The highest BCUT2D eigenvalue weighted by atomic mass is 16.4. The summed E-state index contributed by atoms with van der Waals surface area (Å²) >= 11 is 0. The van der Waals surface area contributed by atoms with E-state index in [-0.39, 0.29) is 12.2 Å². The molecule has 1 aromatic carbocycles. The molecular formula is C12H16N2O4. The van der Waals surface area contributed by atoms with E-state index in [1.165, 1.54) is 12.1 Å². The van der Waals surface area contributed by atoms with Gasteiger partial charge in [-0.05, 0) is 31.0 Å². The van der Waals surface area contributed by atoms with Gasteiger partial charge in [-0.15, -0.1) is 0 Å². The molecular weight excluding hydrogens is 236 g/mol. The number of carboxylic acids is 1. The summed E-state index contributed by atoms with van der Waals surface area (Å²) < 4.78 is 0. The predicted octanol–water partition coefficient (Wildman–Crippen LogP) is -2.20. The molecule has 0 heterocycles. The van der Waals surface area contributed by atoms with E-state index < -0.39 is 24.0 Å². The van der Waals surface area contributed by atoms with E-state index in [2.05, 4.69) is 11.1 Å². The lowest BCUT2D eigenvalue weighted by molar-refractivity contribution is -0.398. The summed E-state index contributed by atoms with van der Waals surface area (Å²) in [7, 11) is 0. The molecule has 0 aliphatic carbocycles. The standard InChI is InChI=1S/C12H16N2O4/c1-7(13)11(16)14-10(12(17)18)6-8-2-4-9(15)5-3-8/h2-5,7,10,15H,6,13H2,1H3,(H,14,16)(H,17,18). The van der Waals surface area contributed by atoms with Gasteiger partial charge in [-0.3, -0.25) is 4.79 Å². The zero-order valence-electron chi connectivity index (χ0n) is 10.1. The fraction of sp³-hybridized carbons (Fsp3) is 0.333. The van der Waals surface area contributed by atoms with Crippen LogP contribution in [0.3, 0.4) is 0 Å². The minimum atomic E-state index is -1.35. The number of aliphatic carboxylic acids is 1. The van der Waals surface area contributed by atoms with Crippen LogP contribution in [0.5, 0.6) is 5.75 Å². The average Bonchev–Trinajstić information content (AvgIpc) is 2.30. The molecule has 0 spiro atoms. The van der Waals surface area contributed by atoms with Gasteiger partial charge < -0.3 is 26.1 Å². The van der Waals surface area contributed by atoms with Crippen LogP contribution in [0.15, 0.2) is 24.3 Å². The number of phenolic OH excluding ortho intramolecular Hbond substituents is 1. The summed E-state index contributed by atoms with van der Waals surface area (Å²) in [6.45, 7) is 1.57. The first-order valence-electron chi connectivity index (χ1n) is 5.52. The van der Waals surface area contributed by atoms with Crippen LogP contribution < -0.4 is 16.2 Å². The van der Waals surface area contributed by atoms with E-state index in [0.717, 1.165) is 0 Å². The number of carbonyl (C=O) groups is 2. The highest BCUT2D eigenvalue weighted by Crippen LogP contribution is 2.11. The summed E-state index contributed by atoms with van der Waals surface area (Å²) in [5, 5.41) is 22.4. The molecule has 6 nitrogen and oxygen atoms in total. The second-order valence-electron chi connectivity index (χ2n) is 4.15. The third-order valence-electron chi connectivity index (χ3n) is 2.42. The number of hydrogen-bond donors (Lipinski definition) is 3. The Morgan fingerprint density at radius 1 is 1.39 bits per heavy atom. The molecule has 0 bridgehead atoms. The van der Waals surface area contributed by atoms with Gasteiger partial charge in [0.15, 0.2) is 6.04 Å². The molecule has 5 N–H and O–H groups in total. The molecule has 0 aliphatic heterocycles. The van der Waals surface area contributed by atoms with E-state index >= 15 is 0 Å². The maximum Gasteiger partial charge on any atom is 0.278 e. The predicted molar refractivity (Wildman–Crippen MR) is 61.1 cm³/mol. The Balaban J connectivity index is 2.72. The van der Waals surface area contributed by atoms with Crippen molar-refractivity contribution in [3.8, 4) is 5.75 Å². The molecule has 0 aliphatic rings. The van der Waals surface area contributed by atoms with Crippen molar-refractivity contribution in [3.05, 3.63) is 29.8 Å². The lowest BCUT2D eigenvalue weighted by Crippen LogP contribution is -2.67. The van der Waals surface area contributed by atoms with E-state index in [0.29, 0.717) is 5.56 Å². The van der Waals surface area contributed by atoms with Gasteiger partial charge in [0, 0.05) is 0 Å². The lowest BCUT2D eigenvalue weighted by atomic mass is 10.1. The molecule has 18 heavy (non-hydrogen) atoms. The minimum absolute atomic E-state index is 0.0964. The van der Waals surface area contributed by atoms with Crippen molar-refractivity contribution in [2.24, 2.45) is 0 Å².